The molecule has 128 valence electrons. The number of thioether (sulfide) groups is 1. The lowest BCUT2D eigenvalue weighted by molar-refractivity contribution is -0.120. The van der Waals surface area contributed by atoms with Crippen molar-refractivity contribution in [3.8, 4) is 0 Å². The molecule has 1 aliphatic heterocycles. The second-order valence-corrected chi connectivity index (χ2v) is 8.75. The van der Waals surface area contributed by atoms with E-state index >= 15 is 0 Å². The maximum Gasteiger partial charge on any atom is 0.233 e. The Balaban J connectivity index is 1.40. The Morgan fingerprint density at radius 2 is 2.17 bits per heavy atom. The van der Waals surface area contributed by atoms with Crippen LogP contribution in [0.15, 0.2) is 40.6 Å². The molecule has 3 rings (SSSR count). The molecule has 1 aromatic carbocycles. The number of nitrogens with one attached hydrogen (secondary N) is 1. The van der Waals surface area contributed by atoms with Crippen LogP contribution in [0.3, 0.4) is 0 Å². The molecule has 2 aromatic rings. The minimum atomic E-state index is -0.115. The maximum absolute atomic E-state index is 12.2. The SMILES string of the molecule is CC(Sc1ccc(Cl)cc1)C(=O)NCCN1CCc2sccc2C1. The van der Waals surface area contributed by atoms with Crippen LogP contribution in [0.4, 0.5) is 0 Å². The van der Waals surface area contributed by atoms with E-state index in [-0.39, 0.29) is 11.2 Å². The van der Waals surface area contributed by atoms with Crippen LogP contribution in [-0.2, 0) is 17.8 Å². The van der Waals surface area contributed by atoms with Gasteiger partial charge in [0.25, 0.3) is 0 Å². The van der Waals surface area contributed by atoms with Crippen LogP contribution in [0, 0.1) is 0 Å². The quantitative estimate of drug-likeness (QED) is 0.767. The lowest BCUT2D eigenvalue weighted by Gasteiger charge is -2.26. The molecule has 6 heteroatoms. The van der Waals surface area contributed by atoms with E-state index in [1.807, 2.05) is 42.5 Å². The molecular weight excluding hydrogens is 360 g/mol. The largest absolute Gasteiger partial charge is 0.354 e. The van der Waals surface area contributed by atoms with E-state index < -0.39 is 0 Å². The Morgan fingerprint density at radius 3 is 2.96 bits per heavy atom. The predicted molar refractivity (Wildman–Crippen MR) is 103 cm³/mol. The molecule has 1 amide bonds. The molecule has 0 spiro atoms. The van der Waals surface area contributed by atoms with E-state index in [0.717, 1.165) is 31.0 Å². The number of rotatable bonds is 6. The van der Waals surface area contributed by atoms with Crippen LogP contribution >= 0.6 is 34.7 Å². The number of hydrogen-bond donors (Lipinski definition) is 1. The molecule has 0 bridgehead atoms. The van der Waals surface area contributed by atoms with Crippen molar-refractivity contribution in [2.24, 2.45) is 0 Å². The Labute approximate surface area is 156 Å². The first kappa shape index (κ1) is 17.8. The molecule has 1 unspecified atom stereocenters. The fourth-order valence-electron chi connectivity index (χ4n) is 2.75. The van der Waals surface area contributed by atoms with E-state index in [1.165, 1.54) is 10.4 Å². The zero-order valence-corrected chi connectivity index (χ0v) is 16.0. The molecule has 0 aliphatic carbocycles. The van der Waals surface area contributed by atoms with Crippen LogP contribution in [-0.4, -0.2) is 35.7 Å². The van der Waals surface area contributed by atoms with Gasteiger partial charge in [-0.15, -0.1) is 23.1 Å². The van der Waals surface area contributed by atoms with Crippen molar-refractivity contribution in [3.05, 3.63) is 51.2 Å². The van der Waals surface area contributed by atoms with Crippen LogP contribution in [0.2, 0.25) is 5.02 Å². The summed E-state index contributed by atoms with van der Waals surface area (Å²) in [6.45, 7) is 5.62. The van der Waals surface area contributed by atoms with Gasteiger partial charge in [-0.2, -0.15) is 0 Å². The monoisotopic (exact) mass is 380 g/mol. The molecule has 1 N–H and O–H groups in total. The predicted octanol–water partition coefficient (Wildman–Crippen LogP) is 4.06. The molecule has 0 saturated carbocycles. The molecular formula is C18H21ClN2OS2. The molecule has 3 nitrogen and oxygen atoms in total. The summed E-state index contributed by atoms with van der Waals surface area (Å²) in [5.74, 6) is 0.0863. The minimum absolute atomic E-state index is 0.0863. The Kier molecular flexibility index (Phi) is 6.22. The molecule has 2 heterocycles. The van der Waals surface area contributed by atoms with Crippen LogP contribution in [0.5, 0.6) is 0 Å². The van der Waals surface area contributed by atoms with Gasteiger partial charge < -0.3 is 5.32 Å². The Morgan fingerprint density at radius 1 is 1.38 bits per heavy atom. The average molecular weight is 381 g/mol. The summed E-state index contributed by atoms with van der Waals surface area (Å²) in [6, 6.07) is 9.81. The Bertz CT molecular complexity index is 687. The third-order valence-electron chi connectivity index (χ3n) is 4.11. The number of halogens is 1. The molecule has 0 saturated heterocycles. The number of thiophene rings is 1. The highest BCUT2D eigenvalue weighted by atomic mass is 35.5. The van der Waals surface area contributed by atoms with Crippen molar-refractivity contribution in [3.63, 3.8) is 0 Å². The number of carbonyl (C=O) groups is 1. The summed E-state index contributed by atoms with van der Waals surface area (Å²) < 4.78 is 0. The lowest BCUT2D eigenvalue weighted by Crippen LogP contribution is -2.39. The molecule has 1 atom stereocenters. The van der Waals surface area contributed by atoms with Gasteiger partial charge in [0.15, 0.2) is 0 Å². The number of amides is 1. The number of carbonyl (C=O) groups excluding carboxylic acids is 1. The maximum atomic E-state index is 12.2. The van der Waals surface area contributed by atoms with Gasteiger partial charge in [-0.3, -0.25) is 9.69 Å². The Hall–Kier alpha value is -1.01. The molecule has 0 radical (unpaired) electrons. The van der Waals surface area contributed by atoms with Crippen LogP contribution < -0.4 is 5.32 Å². The molecule has 1 aliphatic rings. The van der Waals surface area contributed by atoms with E-state index in [1.54, 1.807) is 11.8 Å². The van der Waals surface area contributed by atoms with Crippen molar-refractivity contribution in [2.45, 2.75) is 30.0 Å². The number of nitrogens with zero attached hydrogens (tertiary/aromatic N) is 1. The summed E-state index contributed by atoms with van der Waals surface area (Å²) in [4.78, 5) is 17.2. The second kappa shape index (κ2) is 8.39. The topological polar surface area (TPSA) is 32.3 Å². The smallest absolute Gasteiger partial charge is 0.233 e. The van der Waals surface area contributed by atoms with Gasteiger partial charge in [-0.1, -0.05) is 11.6 Å². The summed E-state index contributed by atoms with van der Waals surface area (Å²) in [7, 11) is 0. The summed E-state index contributed by atoms with van der Waals surface area (Å²) in [5.41, 5.74) is 1.45. The van der Waals surface area contributed by atoms with Crippen LogP contribution in [0.1, 0.15) is 17.4 Å². The molecule has 0 fully saturated rings. The summed E-state index contributed by atoms with van der Waals surface area (Å²) in [6.07, 6.45) is 1.13. The van der Waals surface area contributed by atoms with Gasteiger partial charge in [-0.05, 0) is 54.6 Å². The van der Waals surface area contributed by atoms with E-state index in [2.05, 4.69) is 21.7 Å². The first-order valence-corrected chi connectivity index (χ1v) is 10.2. The normalized spacial score (nSPS) is 15.8. The number of hydrogen-bond acceptors (Lipinski definition) is 4. The van der Waals surface area contributed by atoms with E-state index in [0.29, 0.717) is 11.6 Å². The van der Waals surface area contributed by atoms with E-state index in [4.69, 9.17) is 11.6 Å². The van der Waals surface area contributed by atoms with Gasteiger partial charge in [0.2, 0.25) is 5.91 Å². The van der Waals surface area contributed by atoms with Gasteiger partial charge in [0, 0.05) is 41.0 Å². The van der Waals surface area contributed by atoms with Gasteiger partial charge in [-0.25, -0.2) is 0 Å². The second-order valence-electron chi connectivity index (χ2n) is 5.90. The highest BCUT2D eigenvalue weighted by molar-refractivity contribution is 8.00. The van der Waals surface area contributed by atoms with Crippen molar-refractivity contribution in [1.82, 2.24) is 10.2 Å². The lowest BCUT2D eigenvalue weighted by atomic mass is 10.1. The van der Waals surface area contributed by atoms with Crippen LogP contribution in [0.25, 0.3) is 0 Å². The third-order valence-corrected chi connectivity index (χ3v) is 6.50. The minimum Gasteiger partial charge on any atom is -0.354 e. The zero-order chi connectivity index (χ0) is 16.9. The first-order valence-electron chi connectivity index (χ1n) is 8.09. The van der Waals surface area contributed by atoms with Crippen molar-refractivity contribution in [2.75, 3.05) is 19.6 Å². The first-order chi connectivity index (χ1) is 11.6. The van der Waals surface area contributed by atoms with E-state index in [9.17, 15) is 4.79 Å². The highest BCUT2D eigenvalue weighted by Gasteiger charge is 2.18. The van der Waals surface area contributed by atoms with Crippen molar-refractivity contribution in [1.29, 1.82) is 0 Å². The third kappa shape index (κ3) is 4.76. The standard InChI is InChI=1S/C18H21ClN2OS2/c1-13(24-16-4-2-15(19)3-5-16)18(22)20-8-10-21-9-6-17-14(12-21)7-11-23-17/h2-5,7,11,13H,6,8-10,12H2,1H3,(H,20,22). The van der Waals surface area contributed by atoms with Crippen molar-refractivity contribution >= 4 is 40.6 Å². The van der Waals surface area contributed by atoms with Gasteiger partial charge >= 0.3 is 0 Å². The van der Waals surface area contributed by atoms with Gasteiger partial charge in [0.05, 0.1) is 5.25 Å². The number of fused-ring (bicyclic) bond motifs is 1. The number of benzene rings is 1. The highest BCUT2D eigenvalue weighted by Crippen LogP contribution is 2.25. The van der Waals surface area contributed by atoms with Gasteiger partial charge in [0.1, 0.15) is 0 Å². The fraction of sp³-hybridized carbons (Fsp3) is 0.389. The summed E-state index contributed by atoms with van der Waals surface area (Å²) in [5, 5.41) is 5.83. The summed E-state index contributed by atoms with van der Waals surface area (Å²) >= 11 is 9.29. The fourth-order valence-corrected chi connectivity index (χ4v) is 4.66. The molecule has 24 heavy (non-hydrogen) atoms. The average Bonchev–Trinajstić information content (AvgIpc) is 3.04. The molecule has 1 aromatic heterocycles. The van der Waals surface area contributed by atoms with Crippen molar-refractivity contribution < 1.29 is 4.79 Å². The zero-order valence-electron chi connectivity index (χ0n) is 13.6.